The average Bonchev–Trinajstić information content (AvgIpc) is 3.05. The third-order valence-electron chi connectivity index (χ3n) is 4.33. The monoisotopic (exact) mass is 270 g/mol. The molecule has 1 aromatic heterocycles. The first-order valence-corrected chi connectivity index (χ1v) is 6.89. The van der Waals surface area contributed by atoms with Gasteiger partial charge in [0.15, 0.2) is 5.82 Å². The number of nitrogens with one attached hydrogen (secondary N) is 1. The molecule has 102 valence electrons. The summed E-state index contributed by atoms with van der Waals surface area (Å²) < 4.78 is 15.5. The Kier molecular flexibility index (Phi) is 2.58. The Morgan fingerprint density at radius 2 is 2.30 bits per heavy atom. The van der Waals surface area contributed by atoms with E-state index in [4.69, 9.17) is 0 Å². The summed E-state index contributed by atoms with van der Waals surface area (Å²) in [5, 5.41) is 7.37. The summed E-state index contributed by atoms with van der Waals surface area (Å²) in [6.45, 7) is 0. The predicted molar refractivity (Wildman–Crippen MR) is 74.1 cm³/mol. The zero-order valence-corrected chi connectivity index (χ0v) is 10.9. The first kappa shape index (κ1) is 11.6. The highest BCUT2D eigenvalue weighted by atomic mass is 19.1. The minimum absolute atomic E-state index is 0.293. The molecule has 20 heavy (non-hydrogen) atoms. The minimum atomic E-state index is -0.293. The van der Waals surface area contributed by atoms with Crippen molar-refractivity contribution in [3.63, 3.8) is 0 Å². The van der Waals surface area contributed by atoms with Gasteiger partial charge < -0.3 is 5.32 Å². The van der Waals surface area contributed by atoms with Crippen molar-refractivity contribution < 1.29 is 4.39 Å². The minimum Gasteiger partial charge on any atom is -0.382 e. The Bertz CT molecular complexity index is 650. The van der Waals surface area contributed by atoms with Crippen LogP contribution in [0.25, 0.3) is 5.69 Å². The molecule has 2 aliphatic rings. The molecule has 4 rings (SSSR count). The van der Waals surface area contributed by atoms with E-state index in [9.17, 15) is 4.39 Å². The van der Waals surface area contributed by atoms with Crippen LogP contribution in [0.1, 0.15) is 12.8 Å². The molecule has 1 saturated carbocycles. The molecule has 1 N–H and O–H groups in total. The quantitative estimate of drug-likeness (QED) is 0.872. The van der Waals surface area contributed by atoms with Crippen LogP contribution in [0.2, 0.25) is 0 Å². The Labute approximate surface area is 116 Å². The number of nitrogens with zero attached hydrogens (tertiary/aromatic N) is 3. The molecule has 0 spiro atoms. The van der Waals surface area contributed by atoms with Crippen LogP contribution < -0.4 is 5.32 Å². The van der Waals surface area contributed by atoms with Crippen molar-refractivity contribution >= 4 is 5.69 Å². The molecule has 0 aliphatic heterocycles. The number of halogens is 1. The summed E-state index contributed by atoms with van der Waals surface area (Å²) >= 11 is 0. The molecule has 0 radical (unpaired) electrons. The van der Waals surface area contributed by atoms with Crippen LogP contribution in [0.3, 0.4) is 0 Å². The molecule has 1 fully saturated rings. The number of anilines is 1. The highest BCUT2D eigenvalue weighted by molar-refractivity contribution is 5.51. The van der Waals surface area contributed by atoms with Crippen LogP contribution in [0.4, 0.5) is 10.1 Å². The molecule has 5 heteroatoms. The predicted octanol–water partition coefficient (Wildman–Crippen LogP) is 2.78. The van der Waals surface area contributed by atoms with Crippen molar-refractivity contribution in [1.82, 2.24) is 14.8 Å². The van der Waals surface area contributed by atoms with Gasteiger partial charge in [0.1, 0.15) is 18.3 Å². The summed E-state index contributed by atoms with van der Waals surface area (Å²) in [6.07, 6.45) is 9.79. The molecule has 0 amide bonds. The van der Waals surface area contributed by atoms with E-state index in [2.05, 4.69) is 27.6 Å². The number of rotatable bonds is 3. The van der Waals surface area contributed by atoms with Crippen LogP contribution in [-0.2, 0) is 0 Å². The second-order valence-electron chi connectivity index (χ2n) is 5.49. The lowest BCUT2D eigenvalue weighted by Gasteiger charge is -2.41. The normalized spacial score (nSPS) is 27.1. The summed E-state index contributed by atoms with van der Waals surface area (Å²) in [5.41, 5.74) is 1.25. The average molecular weight is 270 g/mol. The van der Waals surface area contributed by atoms with Gasteiger partial charge in [-0.05, 0) is 37.0 Å². The Balaban J connectivity index is 1.52. The van der Waals surface area contributed by atoms with Gasteiger partial charge in [0.05, 0.1) is 0 Å². The van der Waals surface area contributed by atoms with Gasteiger partial charge >= 0.3 is 0 Å². The Hall–Kier alpha value is -2.17. The molecule has 2 aliphatic carbocycles. The van der Waals surface area contributed by atoms with Crippen molar-refractivity contribution in [2.75, 3.05) is 5.32 Å². The maximum Gasteiger partial charge on any atom is 0.150 e. The number of hydrogen-bond donors (Lipinski definition) is 1. The molecular weight excluding hydrogens is 255 g/mol. The van der Waals surface area contributed by atoms with E-state index in [0.717, 1.165) is 11.6 Å². The van der Waals surface area contributed by atoms with E-state index >= 15 is 0 Å². The van der Waals surface area contributed by atoms with Crippen LogP contribution in [0.5, 0.6) is 0 Å². The third kappa shape index (κ3) is 1.81. The topological polar surface area (TPSA) is 42.7 Å². The lowest BCUT2D eigenvalue weighted by atomic mass is 9.71. The van der Waals surface area contributed by atoms with Gasteiger partial charge in [-0.1, -0.05) is 12.2 Å². The summed E-state index contributed by atoms with van der Waals surface area (Å²) in [6, 6.07) is 5.59. The highest BCUT2D eigenvalue weighted by Gasteiger charge is 2.40. The van der Waals surface area contributed by atoms with Gasteiger partial charge in [-0.15, -0.1) is 0 Å². The van der Waals surface area contributed by atoms with Gasteiger partial charge in [0, 0.05) is 17.6 Å². The zero-order chi connectivity index (χ0) is 13.5. The molecule has 2 aromatic rings. The number of allylic oxidation sites excluding steroid dienone is 1. The summed E-state index contributed by atoms with van der Waals surface area (Å²) in [4.78, 5) is 3.83. The highest BCUT2D eigenvalue weighted by Crippen LogP contribution is 2.44. The van der Waals surface area contributed by atoms with Crippen LogP contribution >= 0.6 is 0 Å². The van der Waals surface area contributed by atoms with Crippen LogP contribution in [0.15, 0.2) is 43.0 Å². The van der Waals surface area contributed by atoms with Crippen molar-refractivity contribution in [3.05, 3.63) is 48.8 Å². The molecule has 0 bridgehead atoms. The maximum absolute atomic E-state index is 14.1. The third-order valence-corrected chi connectivity index (χ3v) is 4.33. The summed E-state index contributed by atoms with van der Waals surface area (Å²) in [5.74, 6) is 1.12. The van der Waals surface area contributed by atoms with Gasteiger partial charge in [-0.25, -0.2) is 14.1 Å². The van der Waals surface area contributed by atoms with E-state index in [1.54, 1.807) is 6.07 Å². The lowest BCUT2D eigenvalue weighted by Crippen LogP contribution is -2.43. The molecule has 4 nitrogen and oxygen atoms in total. The van der Waals surface area contributed by atoms with Crippen molar-refractivity contribution in [1.29, 1.82) is 0 Å². The van der Waals surface area contributed by atoms with E-state index < -0.39 is 0 Å². The molecule has 0 saturated heterocycles. The number of hydrogen-bond acceptors (Lipinski definition) is 3. The zero-order valence-electron chi connectivity index (χ0n) is 10.9. The molecule has 1 heterocycles. The van der Waals surface area contributed by atoms with Crippen LogP contribution in [-0.4, -0.2) is 20.8 Å². The standard InChI is InChI=1S/C15H15FN4/c16-13-7-11(4-5-15(13)20-9-17-8-18-20)19-14-6-10-2-1-3-12(10)14/h1,3-5,7-10,12,14,19H,2,6H2. The lowest BCUT2D eigenvalue weighted by molar-refractivity contribution is 0.218. The molecule has 3 unspecified atom stereocenters. The molecule has 1 aromatic carbocycles. The number of benzene rings is 1. The fourth-order valence-corrected chi connectivity index (χ4v) is 3.21. The summed E-state index contributed by atoms with van der Waals surface area (Å²) in [7, 11) is 0. The Morgan fingerprint density at radius 3 is 3.05 bits per heavy atom. The number of aromatic nitrogens is 3. The van der Waals surface area contributed by atoms with Gasteiger partial charge in [-0.3, -0.25) is 0 Å². The van der Waals surface area contributed by atoms with E-state index in [1.165, 1.54) is 36.2 Å². The van der Waals surface area contributed by atoms with Crippen molar-refractivity contribution in [2.45, 2.75) is 18.9 Å². The van der Waals surface area contributed by atoms with Gasteiger partial charge in [0.25, 0.3) is 0 Å². The van der Waals surface area contributed by atoms with Crippen molar-refractivity contribution in [2.24, 2.45) is 11.8 Å². The second-order valence-corrected chi connectivity index (χ2v) is 5.49. The van der Waals surface area contributed by atoms with Crippen LogP contribution in [0, 0.1) is 17.7 Å². The smallest absolute Gasteiger partial charge is 0.150 e. The fraction of sp³-hybridized carbons (Fsp3) is 0.333. The van der Waals surface area contributed by atoms with Gasteiger partial charge in [-0.2, -0.15) is 5.10 Å². The van der Waals surface area contributed by atoms with Gasteiger partial charge in [0.2, 0.25) is 0 Å². The fourth-order valence-electron chi connectivity index (χ4n) is 3.21. The number of fused-ring (bicyclic) bond motifs is 1. The van der Waals surface area contributed by atoms with Crippen molar-refractivity contribution in [3.8, 4) is 5.69 Å². The van der Waals surface area contributed by atoms with E-state index in [0.29, 0.717) is 17.6 Å². The molecule has 3 atom stereocenters. The SMILES string of the molecule is Fc1cc(NC2CC3CC=CC32)ccc1-n1cncn1. The second kappa shape index (κ2) is 4.44. The Morgan fingerprint density at radius 1 is 1.35 bits per heavy atom. The maximum atomic E-state index is 14.1. The molecular formula is C15H15FN4. The largest absolute Gasteiger partial charge is 0.382 e. The van der Waals surface area contributed by atoms with E-state index in [-0.39, 0.29) is 5.82 Å². The first-order valence-electron chi connectivity index (χ1n) is 6.89. The van der Waals surface area contributed by atoms with E-state index in [1.807, 2.05) is 6.07 Å². The first-order chi connectivity index (χ1) is 9.81.